The molecule has 1 heterocycles. The molecule has 4 rings (SSSR count). The number of carboxylic acid groups (broad SMARTS) is 1. The minimum atomic E-state index is -1.04. The van der Waals surface area contributed by atoms with Crippen molar-refractivity contribution in [2.75, 3.05) is 0 Å². The molecule has 0 unspecified atom stereocenters. The first kappa shape index (κ1) is 19.0. The third kappa shape index (κ3) is 3.79. The number of nitrogens with one attached hydrogen (secondary N) is 1. The number of hydrogen-bond donors (Lipinski definition) is 2. The Labute approximate surface area is 171 Å². The van der Waals surface area contributed by atoms with E-state index >= 15 is 0 Å². The maximum Gasteiger partial charge on any atom is 0.335 e. The minimum Gasteiger partial charge on any atom is -0.478 e. The maximum absolute atomic E-state index is 13.3. The van der Waals surface area contributed by atoms with E-state index in [9.17, 15) is 14.4 Å². The van der Waals surface area contributed by atoms with Crippen molar-refractivity contribution in [3.63, 3.8) is 0 Å². The fourth-order valence-electron chi connectivity index (χ4n) is 3.09. The van der Waals surface area contributed by atoms with Crippen LogP contribution in [0.3, 0.4) is 0 Å². The molecule has 0 aliphatic carbocycles. The summed E-state index contributed by atoms with van der Waals surface area (Å²) in [4.78, 5) is 44.3. The number of Topliss-reactive ketones (excluding diaryl/α,β-unsaturated/α-hetero) is 1. The Hall–Kier alpha value is -4.32. The predicted molar refractivity (Wildman–Crippen MR) is 114 cm³/mol. The number of para-hydroxylation sites is 2. The van der Waals surface area contributed by atoms with Gasteiger partial charge in [0.15, 0.2) is 5.78 Å². The van der Waals surface area contributed by atoms with Crippen LogP contribution in [-0.4, -0.2) is 26.8 Å². The number of aromatic amines is 1. The zero-order chi connectivity index (χ0) is 21.1. The molecule has 0 saturated heterocycles. The highest BCUT2D eigenvalue weighted by Crippen LogP contribution is 2.21. The Kier molecular flexibility index (Phi) is 5.05. The zero-order valence-corrected chi connectivity index (χ0v) is 15.7. The van der Waals surface area contributed by atoms with Crippen molar-refractivity contribution < 1.29 is 14.7 Å². The van der Waals surface area contributed by atoms with Crippen LogP contribution < -0.4 is 5.56 Å². The first-order valence-electron chi connectivity index (χ1n) is 9.17. The molecule has 146 valence electrons. The van der Waals surface area contributed by atoms with Crippen molar-refractivity contribution in [1.29, 1.82) is 0 Å². The van der Waals surface area contributed by atoms with Gasteiger partial charge in [-0.25, -0.2) is 9.78 Å². The minimum absolute atomic E-state index is 0.00450. The summed E-state index contributed by atoms with van der Waals surface area (Å²) in [7, 11) is 0. The Morgan fingerprint density at radius 2 is 1.50 bits per heavy atom. The number of ketones is 1. The number of carbonyl (C=O) groups excluding carboxylic acids is 1. The number of aromatic carboxylic acids is 1. The topological polar surface area (TPSA) is 100 Å². The molecule has 2 N–H and O–H groups in total. The summed E-state index contributed by atoms with van der Waals surface area (Å²) >= 11 is 0. The number of carbonyl (C=O) groups is 2. The van der Waals surface area contributed by atoms with Gasteiger partial charge in [-0.1, -0.05) is 54.6 Å². The van der Waals surface area contributed by atoms with Crippen molar-refractivity contribution in [1.82, 2.24) is 9.97 Å². The summed E-state index contributed by atoms with van der Waals surface area (Å²) < 4.78 is 0. The quantitative estimate of drug-likeness (QED) is 0.392. The van der Waals surface area contributed by atoms with Gasteiger partial charge >= 0.3 is 5.97 Å². The highest BCUT2D eigenvalue weighted by molar-refractivity contribution is 6.32. The van der Waals surface area contributed by atoms with Gasteiger partial charge in [0.05, 0.1) is 22.2 Å². The fraction of sp³-hybridized carbons (Fsp3) is 0. The summed E-state index contributed by atoms with van der Waals surface area (Å²) in [5.41, 5.74) is 1.90. The summed E-state index contributed by atoms with van der Waals surface area (Å²) in [6, 6.07) is 21.7. The molecule has 0 saturated carbocycles. The van der Waals surface area contributed by atoms with Gasteiger partial charge in [0, 0.05) is 5.56 Å². The van der Waals surface area contributed by atoms with E-state index in [1.54, 1.807) is 72.8 Å². The monoisotopic (exact) mass is 396 g/mol. The van der Waals surface area contributed by atoms with Crippen LogP contribution in [0, 0.1) is 0 Å². The van der Waals surface area contributed by atoms with Crippen molar-refractivity contribution in [3.8, 4) is 0 Å². The van der Waals surface area contributed by atoms with Gasteiger partial charge in [-0.2, -0.15) is 0 Å². The molecule has 0 atom stereocenters. The van der Waals surface area contributed by atoms with Crippen molar-refractivity contribution in [2.45, 2.75) is 0 Å². The van der Waals surface area contributed by atoms with Gasteiger partial charge in [0.1, 0.15) is 5.69 Å². The van der Waals surface area contributed by atoms with Gasteiger partial charge < -0.3 is 10.1 Å². The Morgan fingerprint density at radius 3 is 2.20 bits per heavy atom. The molecule has 6 nitrogen and oxygen atoms in total. The molecule has 3 aromatic carbocycles. The average molecular weight is 396 g/mol. The molecule has 0 aliphatic rings. The Bertz CT molecular complexity index is 1340. The molecule has 1 aromatic heterocycles. The second kappa shape index (κ2) is 7.97. The summed E-state index contributed by atoms with van der Waals surface area (Å²) in [5.74, 6) is -1.40. The number of H-pyrrole nitrogens is 1. The number of hydrogen-bond acceptors (Lipinski definition) is 4. The van der Waals surface area contributed by atoms with E-state index < -0.39 is 11.5 Å². The van der Waals surface area contributed by atoms with Crippen molar-refractivity contribution >= 4 is 34.4 Å². The number of nitrogens with zero attached hydrogens (tertiary/aromatic N) is 1. The van der Waals surface area contributed by atoms with E-state index in [-0.39, 0.29) is 22.6 Å². The molecule has 0 amide bonds. The lowest BCUT2D eigenvalue weighted by molar-refractivity contribution is 0.0696. The van der Waals surface area contributed by atoms with E-state index in [1.165, 1.54) is 12.1 Å². The van der Waals surface area contributed by atoms with Crippen molar-refractivity contribution in [3.05, 3.63) is 112 Å². The molecule has 6 heteroatoms. The normalized spacial score (nSPS) is 11.4. The third-order valence-electron chi connectivity index (χ3n) is 4.60. The van der Waals surface area contributed by atoms with Crippen LogP contribution in [0.1, 0.15) is 32.0 Å². The molecular weight excluding hydrogens is 380 g/mol. The smallest absolute Gasteiger partial charge is 0.335 e. The van der Waals surface area contributed by atoms with Gasteiger partial charge in [-0.3, -0.25) is 9.59 Å². The van der Waals surface area contributed by atoms with Crippen LogP contribution in [-0.2, 0) is 0 Å². The first-order chi connectivity index (χ1) is 14.5. The van der Waals surface area contributed by atoms with Gasteiger partial charge in [-0.05, 0) is 35.9 Å². The van der Waals surface area contributed by atoms with E-state index in [0.717, 1.165) is 0 Å². The largest absolute Gasteiger partial charge is 0.478 e. The van der Waals surface area contributed by atoms with Gasteiger partial charge in [0.25, 0.3) is 5.56 Å². The predicted octanol–water partition coefficient (Wildman–Crippen LogP) is 4.04. The summed E-state index contributed by atoms with van der Waals surface area (Å²) in [6.07, 6.45) is 1.55. The van der Waals surface area contributed by atoms with E-state index in [2.05, 4.69) is 9.97 Å². The van der Waals surface area contributed by atoms with E-state index in [0.29, 0.717) is 22.2 Å². The lowest BCUT2D eigenvalue weighted by Crippen LogP contribution is -2.18. The van der Waals surface area contributed by atoms with Crippen LogP contribution in [0.5, 0.6) is 0 Å². The van der Waals surface area contributed by atoms with Crippen LogP contribution in [0.2, 0.25) is 0 Å². The first-order valence-corrected chi connectivity index (χ1v) is 9.17. The summed E-state index contributed by atoms with van der Waals surface area (Å²) in [5, 5.41) is 9.08. The average Bonchev–Trinajstić information content (AvgIpc) is 2.77. The molecule has 0 bridgehead atoms. The van der Waals surface area contributed by atoms with Crippen LogP contribution in [0.4, 0.5) is 0 Å². The second-order valence-electron chi connectivity index (χ2n) is 6.61. The molecule has 0 aliphatic heterocycles. The number of carboxylic acids is 1. The molecule has 0 radical (unpaired) electrons. The number of rotatable bonds is 5. The van der Waals surface area contributed by atoms with Crippen LogP contribution in [0.15, 0.2) is 83.7 Å². The molecule has 0 spiro atoms. The van der Waals surface area contributed by atoms with Crippen molar-refractivity contribution in [2.24, 2.45) is 0 Å². The molecule has 4 aromatic rings. The maximum atomic E-state index is 13.3. The molecule has 30 heavy (non-hydrogen) atoms. The van der Waals surface area contributed by atoms with Gasteiger partial charge in [0.2, 0.25) is 0 Å². The lowest BCUT2D eigenvalue weighted by Gasteiger charge is -2.08. The standard InChI is InChI=1S/C24H16N2O4/c27-22(16-6-2-1-3-7-16)18(14-15-10-12-17(13-11-15)24(29)30)21-23(28)26-20-9-5-4-8-19(20)25-21/h1-14H,(H,26,28)(H,29,30)/b18-14+. The zero-order valence-electron chi connectivity index (χ0n) is 15.7. The number of fused-ring (bicyclic) bond motifs is 1. The van der Waals surface area contributed by atoms with Gasteiger partial charge in [-0.15, -0.1) is 0 Å². The number of allylic oxidation sites excluding steroid dienone is 1. The Balaban J connectivity index is 1.90. The third-order valence-corrected chi connectivity index (χ3v) is 4.60. The number of benzene rings is 3. The van der Waals surface area contributed by atoms with Crippen LogP contribution >= 0.6 is 0 Å². The lowest BCUT2D eigenvalue weighted by atomic mass is 9.98. The van der Waals surface area contributed by atoms with E-state index in [1.807, 2.05) is 0 Å². The highest BCUT2D eigenvalue weighted by Gasteiger charge is 2.19. The highest BCUT2D eigenvalue weighted by atomic mass is 16.4. The van der Waals surface area contributed by atoms with E-state index in [4.69, 9.17) is 5.11 Å². The second-order valence-corrected chi connectivity index (χ2v) is 6.61. The SMILES string of the molecule is O=C(O)c1ccc(/C=C(/C(=O)c2ccccc2)c2nc3ccccc3[nH]c2=O)cc1. The van der Waals surface area contributed by atoms with Crippen LogP contribution in [0.25, 0.3) is 22.7 Å². The molecular formula is C24H16N2O4. The Morgan fingerprint density at radius 1 is 0.833 bits per heavy atom. The number of aromatic nitrogens is 2. The molecule has 0 fully saturated rings. The summed E-state index contributed by atoms with van der Waals surface area (Å²) in [6.45, 7) is 0. The fourth-order valence-corrected chi connectivity index (χ4v) is 3.09.